The second-order valence-electron chi connectivity index (χ2n) is 5.57. The van der Waals surface area contributed by atoms with Crippen molar-refractivity contribution >= 4 is 23.5 Å². The number of rotatable bonds is 4. The molecule has 6 heteroatoms. The van der Waals surface area contributed by atoms with E-state index in [-0.39, 0.29) is 16.5 Å². The van der Waals surface area contributed by atoms with E-state index in [1.54, 1.807) is 11.8 Å². The van der Waals surface area contributed by atoms with Crippen molar-refractivity contribution in [3.63, 3.8) is 0 Å². The summed E-state index contributed by atoms with van der Waals surface area (Å²) in [5.41, 5.74) is 5.80. The summed E-state index contributed by atoms with van der Waals surface area (Å²) < 4.78 is -0.304. The van der Waals surface area contributed by atoms with Crippen LogP contribution in [0.1, 0.15) is 38.5 Å². The zero-order chi connectivity index (χ0) is 13.9. The number of piperidine rings is 1. The van der Waals surface area contributed by atoms with Crippen molar-refractivity contribution in [1.29, 1.82) is 0 Å². The fourth-order valence-electron chi connectivity index (χ4n) is 2.85. The summed E-state index contributed by atoms with van der Waals surface area (Å²) in [6.07, 6.45) is 7.90. The van der Waals surface area contributed by atoms with Gasteiger partial charge in [-0.15, -0.1) is 0 Å². The Kier molecular flexibility index (Phi) is 4.60. The molecule has 2 fully saturated rings. The van der Waals surface area contributed by atoms with Crippen LogP contribution in [0.5, 0.6) is 0 Å². The van der Waals surface area contributed by atoms with E-state index in [1.807, 2.05) is 11.2 Å². The minimum absolute atomic E-state index is 0.277. The molecule has 0 aromatic heterocycles. The summed E-state index contributed by atoms with van der Waals surface area (Å²) in [4.78, 5) is 14.1. The lowest BCUT2D eigenvalue weighted by molar-refractivity contribution is -0.133. The van der Waals surface area contributed by atoms with Crippen molar-refractivity contribution in [2.45, 2.75) is 43.3 Å². The smallest absolute Gasteiger partial charge is 0.222 e. The molecule has 1 aliphatic carbocycles. The molecule has 0 aromatic rings. The van der Waals surface area contributed by atoms with Crippen LogP contribution in [0, 0.1) is 5.92 Å². The summed E-state index contributed by atoms with van der Waals surface area (Å²) in [5, 5.41) is 12.1. The van der Waals surface area contributed by atoms with Gasteiger partial charge in [-0.1, -0.05) is 11.6 Å². The maximum absolute atomic E-state index is 12.1. The lowest BCUT2D eigenvalue weighted by atomic mass is 9.82. The van der Waals surface area contributed by atoms with E-state index in [4.69, 9.17) is 10.9 Å². The number of hydrogen-bond donors (Lipinski definition) is 2. The van der Waals surface area contributed by atoms with Crippen LogP contribution >= 0.6 is 11.8 Å². The Morgan fingerprint density at radius 1 is 1.47 bits per heavy atom. The fourth-order valence-corrected chi connectivity index (χ4v) is 3.69. The SMILES string of the molecule is CSC1(C(N)=NO)CCN(C(=O)CC2CCC2)CC1. The zero-order valence-electron chi connectivity index (χ0n) is 11.5. The number of oxime groups is 1. The number of nitrogens with two attached hydrogens (primary N) is 1. The van der Waals surface area contributed by atoms with Gasteiger partial charge in [-0.2, -0.15) is 11.8 Å². The van der Waals surface area contributed by atoms with E-state index in [1.165, 1.54) is 19.3 Å². The minimum Gasteiger partial charge on any atom is -0.409 e. The quantitative estimate of drug-likeness (QED) is 0.356. The van der Waals surface area contributed by atoms with Crippen LogP contribution in [-0.4, -0.2) is 45.9 Å². The van der Waals surface area contributed by atoms with Gasteiger partial charge in [-0.25, -0.2) is 0 Å². The first-order valence-corrected chi connectivity index (χ1v) is 8.14. The molecular formula is C13H23N3O2S. The van der Waals surface area contributed by atoms with E-state index >= 15 is 0 Å². The Balaban J connectivity index is 1.88. The maximum atomic E-state index is 12.1. The van der Waals surface area contributed by atoms with Gasteiger partial charge in [-0.3, -0.25) is 4.79 Å². The molecule has 1 heterocycles. The van der Waals surface area contributed by atoms with E-state index in [0.29, 0.717) is 25.4 Å². The van der Waals surface area contributed by atoms with Crippen molar-refractivity contribution in [2.24, 2.45) is 16.8 Å². The zero-order valence-corrected chi connectivity index (χ0v) is 12.3. The van der Waals surface area contributed by atoms with E-state index in [9.17, 15) is 4.79 Å². The molecule has 1 saturated heterocycles. The van der Waals surface area contributed by atoms with Crippen LogP contribution in [0.15, 0.2) is 5.16 Å². The summed E-state index contributed by atoms with van der Waals surface area (Å²) in [6, 6.07) is 0. The van der Waals surface area contributed by atoms with Gasteiger partial charge in [-0.05, 0) is 37.9 Å². The molecule has 1 aliphatic heterocycles. The molecule has 0 unspecified atom stereocenters. The highest BCUT2D eigenvalue weighted by Crippen LogP contribution is 2.36. The predicted octanol–water partition coefficient (Wildman–Crippen LogP) is 1.65. The van der Waals surface area contributed by atoms with Crippen LogP contribution < -0.4 is 5.73 Å². The third kappa shape index (κ3) is 2.99. The molecule has 108 valence electrons. The van der Waals surface area contributed by atoms with Gasteiger partial charge in [0.1, 0.15) is 0 Å². The number of nitrogens with zero attached hydrogens (tertiary/aromatic N) is 2. The van der Waals surface area contributed by atoms with Crippen molar-refractivity contribution in [2.75, 3.05) is 19.3 Å². The molecule has 0 atom stereocenters. The van der Waals surface area contributed by atoms with Gasteiger partial charge < -0.3 is 15.8 Å². The van der Waals surface area contributed by atoms with Gasteiger partial charge >= 0.3 is 0 Å². The number of likely N-dealkylation sites (tertiary alicyclic amines) is 1. The lowest BCUT2D eigenvalue weighted by Crippen LogP contribution is -2.51. The third-order valence-electron chi connectivity index (χ3n) is 4.58. The first kappa shape index (κ1) is 14.5. The number of carbonyl (C=O) groups is 1. The van der Waals surface area contributed by atoms with Crippen LogP contribution in [0.2, 0.25) is 0 Å². The Hall–Kier alpha value is -0.910. The van der Waals surface area contributed by atoms with Gasteiger partial charge in [0.15, 0.2) is 5.84 Å². The lowest BCUT2D eigenvalue weighted by Gasteiger charge is -2.40. The molecule has 0 radical (unpaired) electrons. The number of hydrogen-bond acceptors (Lipinski definition) is 4. The molecular weight excluding hydrogens is 262 g/mol. The van der Waals surface area contributed by atoms with Crippen molar-refractivity contribution in [3.8, 4) is 0 Å². The maximum Gasteiger partial charge on any atom is 0.222 e. The Bertz CT molecular complexity index is 361. The van der Waals surface area contributed by atoms with Crippen LogP contribution in [0.3, 0.4) is 0 Å². The number of amides is 1. The molecule has 0 bridgehead atoms. The molecule has 1 saturated carbocycles. The predicted molar refractivity (Wildman–Crippen MR) is 77.4 cm³/mol. The molecule has 3 N–H and O–H groups in total. The number of thioether (sulfide) groups is 1. The normalized spacial score (nSPS) is 24.1. The molecule has 5 nitrogen and oxygen atoms in total. The highest BCUT2D eigenvalue weighted by molar-refractivity contribution is 8.00. The van der Waals surface area contributed by atoms with Crippen LogP contribution in [0.25, 0.3) is 0 Å². The Morgan fingerprint density at radius 3 is 2.53 bits per heavy atom. The molecule has 2 rings (SSSR count). The first-order valence-electron chi connectivity index (χ1n) is 6.92. The highest BCUT2D eigenvalue weighted by Gasteiger charge is 2.39. The van der Waals surface area contributed by atoms with Crippen molar-refractivity contribution < 1.29 is 10.0 Å². The van der Waals surface area contributed by atoms with Gasteiger partial charge in [0.05, 0.1) is 4.75 Å². The van der Waals surface area contributed by atoms with E-state index in [2.05, 4.69) is 5.16 Å². The van der Waals surface area contributed by atoms with Gasteiger partial charge in [0, 0.05) is 19.5 Å². The highest BCUT2D eigenvalue weighted by atomic mass is 32.2. The van der Waals surface area contributed by atoms with E-state index in [0.717, 1.165) is 12.8 Å². The Morgan fingerprint density at radius 2 is 2.11 bits per heavy atom. The van der Waals surface area contributed by atoms with Crippen molar-refractivity contribution in [1.82, 2.24) is 4.90 Å². The van der Waals surface area contributed by atoms with E-state index < -0.39 is 0 Å². The third-order valence-corrected chi connectivity index (χ3v) is 5.98. The second-order valence-corrected chi connectivity index (χ2v) is 6.76. The largest absolute Gasteiger partial charge is 0.409 e. The summed E-state index contributed by atoms with van der Waals surface area (Å²) in [7, 11) is 0. The summed E-state index contributed by atoms with van der Waals surface area (Å²) in [5.74, 6) is 1.17. The van der Waals surface area contributed by atoms with Crippen LogP contribution in [0.4, 0.5) is 0 Å². The van der Waals surface area contributed by atoms with Crippen LogP contribution in [-0.2, 0) is 4.79 Å². The second kappa shape index (κ2) is 6.03. The minimum atomic E-state index is -0.304. The molecule has 1 amide bonds. The molecule has 0 spiro atoms. The summed E-state index contributed by atoms with van der Waals surface area (Å²) >= 11 is 1.62. The standard InChI is InChI=1S/C13H23N3O2S/c1-19-13(12(14)15-18)5-7-16(8-6-13)11(17)9-10-3-2-4-10/h10,18H,2-9H2,1H3,(H2,14,15). The number of carbonyl (C=O) groups excluding carboxylic acids is 1. The Labute approximate surface area is 118 Å². The molecule has 19 heavy (non-hydrogen) atoms. The van der Waals surface area contributed by atoms with Gasteiger partial charge in [0.2, 0.25) is 5.91 Å². The monoisotopic (exact) mass is 285 g/mol. The van der Waals surface area contributed by atoms with Crippen molar-refractivity contribution in [3.05, 3.63) is 0 Å². The molecule has 0 aromatic carbocycles. The first-order chi connectivity index (χ1) is 9.11. The summed E-state index contributed by atoms with van der Waals surface area (Å²) in [6.45, 7) is 1.42. The number of amidine groups is 1. The fraction of sp³-hybridized carbons (Fsp3) is 0.846. The average molecular weight is 285 g/mol. The topological polar surface area (TPSA) is 78.9 Å². The molecule has 2 aliphatic rings. The average Bonchev–Trinajstić information content (AvgIpc) is 2.41. The van der Waals surface area contributed by atoms with Gasteiger partial charge in [0.25, 0.3) is 0 Å².